The Morgan fingerprint density at radius 1 is 1.35 bits per heavy atom. The van der Waals surface area contributed by atoms with Crippen molar-refractivity contribution < 1.29 is 14.1 Å². The lowest BCUT2D eigenvalue weighted by Gasteiger charge is -2.10. The van der Waals surface area contributed by atoms with Crippen LogP contribution in [0.3, 0.4) is 0 Å². The molecule has 0 saturated heterocycles. The van der Waals surface area contributed by atoms with Gasteiger partial charge in [0.05, 0.1) is 6.10 Å². The van der Waals surface area contributed by atoms with Gasteiger partial charge in [-0.3, -0.25) is 9.00 Å². The Balaban J connectivity index is 1.93. The third-order valence-electron chi connectivity index (χ3n) is 2.83. The van der Waals surface area contributed by atoms with Crippen LogP contribution in [0.2, 0.25) is 0 Å². The van der Waals surface area contributed by atoms with Crippen molar-refractivity contribution in [2.45, 2.75) is 11.0 Å². The molecule has 0 saturated carbocycles. The first-order valence-corrected chi connectivity index (χ1v) is 8.50. The summed E-state index contributed by atoms with van der Waals surface area (Å²) in [4.78, 5) is 12.6. The van der Waals surface area contributed by atoms with Crippen LogP contribution in [-0.2, 0) is 10.8 Å². The molecule has 0 fully saturated rings. The molecule has 6 heteroatoms. The van der Waals surface area contributed by atoms with E-state index in [9.17, 15) is 14.1 Å². The Labute approximate surface area is 123 Å². The molecule has 0 aliphatic heterocycles. The van der Waals surface area contributed by atoms with Gasteiger partial charge >= 0.3 is 0 Å². The molecule has 0 aliphatic rings. The zero-order valence-corrected chi connectivity index (χ0v) is 12.5. The molecule has 0 aliphatic carbocycles. The molecule has 1 amide bonds. The monoisotopic (exact) mass is 309 g/mol. The Bertz CT molecular complexity index is 593. The number of hydrogen-bond donors (Lipinski definition) is 2. The zero-order chi connectivity index (χ0) is 14.5. The van der Waals surface area contributed by atoms with Gasteiger partial charge in [0.1, 0.15) is 0 Å². The Morgan fingerprint density at radius 2 is 2.05 bits per heavy atom. The Hall–Kier alpha value is -1.50. The number of thiophene rings is 1. The summed E-state index contributed by atoms with van der Waals surface area (Å²) in [6.45, 7) is 0.164. The van der Waals surface area contributed by atoms with E-state index in [1.165, 1.54) is 11.3 Å². The van der Waals surface area contributed by atoms with Gasteiger partial charge in [-0.15, -0.1) is 0 Å². The maximum absolute atomic E-state index is 11.9. The highest BCUT2D eigenvalue weighted by Crippen LogP contribution is 2.15. The first-order valence-electron chi connectivity index (χ1n) is 6.00. The summed E-state index contributed by atoms with van der Waals surface area (Å²) in [5.41, 5.74) is 1.28. The second kappa shape index (κ2) is 6.78. The Morgan fingerprint density at radius 3 is 2.60 bits per heavy atom. The van der Waals surface area contributed by atoms with Crippen molar-refractivity contribution in [1.29, 1.82) is 0 Å². The lowest BCUT2D eigenvalue weighted by Crippen LogP contribution is -2.28. The number of amides is 1. The van der Waals surface area contributed by atoms with Gasteiger partial charge in [-0.2, -0.15) is 11.3 Å². The molecule has 0 radical (unpaired) electrons. The molecule has 20 heavy (non-hydrogen) atoms. The number of aliphatic hydroxyl groups excluding tert-OH is 1. The van der Waals surface area contributed by atoms with Gasteiger partial charge in [0.2, 0.25) is 0 Å². The third-order valence-corrected chi connectivity index (χ3v) is 4.47. The van der Waals surface area contributed by atoms with E-state index in [4.69, 9.17) is 0 Å². The number of rotatable bonds is 5. The number of aliphatic hydroxyl groups is 1. The van der Waals surface area contributed by atoms with E-state index in [2.05, 4.69) is 5.32 Å². The normalized spacial score (nSPS) is 13.7. The lowest BCUT2D eigenvalue weighted by atomic mass is 10.2. The number of carbonyl (C=O) groups excluding carboxylic acids is 1. The van der Waals surface area contributed by atoms with Gasteiger partial charge < -0.3 is 10.4 Å². The first kappa shape index (κ1) is 14.9. The van der Waals surface area contributed by atoms with E-state index in [0.29, 0.717) is 10.5 Å². The maximum Gasteiger partial charge on any atom is 0.251 e. The minimum absolute atomic E-state index is 0.164. The van der Waals surface area contributed by atoms with E-state index in [0.717, 1.165) is 5.56 Å². The molecule has 2 rings (SSSR count). The van der Waals surface area contributed by atoms with Crippen molar-refractivity contribution in [3.63, 3.8) is 0 Å². The smallest absolute Gasteiger partial charge is 0.251 e. The third kappa shape index (κ3) is 3.75. The van der Waals surface area contributed by atoms with Gasteiger partial charge in [0.25, 0.3) is 5.91 Å². The summed E-state index contributed by atoms with van der Waals surface area (Å²) in [6.07, 6.45) is 0.888. The largest absolute Gasteiger partial charge is 0.387 e. The fourth-order valence-corrected chi connectivity index (χ4v) is 2.90. The maximum atomic E-state index is 11.9. The van der Waals surface area contributed by atoms with Crippen LogP contribution in [0.4, 0.5) is 0 Å². The van der Waals surface area contributed by atoms with Crippen LogP contribution in [0.5, 0.6) is 0 Å². The van der Waals surface area contributed by atoms with Crippen LogP contribution < -0.4 is 5.32 Å². The van der Waals surface area contributed by atoms with Gasteiger partial charge in [-0.05, 0) is 46.7 Å². The predicted molar refractivity (Wildman–Crippen MR) is 80.4 cm³/mol. The molecule has 1 aromatic heterocycles. The van der Waals surface area contributed by atoms with Crippen molar-refractivity contribution in [2.24, 2.45) is 0 Å². The molecule has 106 valence electrons. The van der Waals surface area contributed by atoms with E-state index in [1.54, 1.807) is 30.5 Å². The molecular weight excluding hydrogens is 294 g/mol. The minimum Gasteiger partial charge on any atom is -0.387 e. The molecule has 2 unspecified atom stereocenters. The van der Waals surface area contributed by atoms with Crippen LogP contribution in [0.15, 0.2) is 46.0 Å². The van der Waals surface area contributed by atoms with Crippen LogP contribution >= 0.6 is 11.3 Å². The van der Waals surface area contributed by atoms with Crippen molar-refractivity contribution in [1.82, 2.24) is 5.32 Å². The fraction of sp³-hybridized carbons (Fsp3) is 0.214. The number of nitrogens with one attached hydrogen (secondary N) is 1. The highest BCUT2D eigenvalue weighted by atomic mass is 32.2. The SMILES string of the molecule is CS(=O)c1ccc(C(=O)NCC(O)c2ccsc2)cc1. The number of carbonyl (C=O) groups is 1. The second-order valence-corrected chi connectivity index (χ2v) is 6.42. The Kier molecular flexibility index (Phi) is 5.05. The molecule has 1 aromatic carbocycles. The molecule has 2 atom stereocenters. The molecule has 0 bridgehead atoms. The standard InChI is InChI=1S/C14H15NO3S2/c1-20(18)12-4-2-10(3-5-12)14(17)15-8-13(16)11-6-7-19-9-11/h2-7,9,13,16H,8H2,1H3,(H,15,17). The molecular formula is C14H15NO3S2. The van der Waals surface area contributed by atoms with E-state index >= 15 is 0 Å². The van der Waals surface area contributed by atoms with Gasteiger partial charge in [-0.25, -0.2) is 0 Å². The van der Waals surface area contributed by atoms with E-state index in [-0.39, 0.29) is 12.5 Å². The highest BCUT2D eigenvalue weighted by Gasteiger charge is 2.11. The quantitative estimate of drug-likeness (QED) is 0.887. The highest BCUT2D eigenvalue weighted by molar-refractivity contribution is 7.84. The molecule has 2 N–H and O–H groups in total. The summed E-state index contributed by atoms with van der Waals surface area (Å²) < 4.78 is 11.3. The number of hydrogen-bond acceptors (Lipinski definition) is 4. The lowest BCUT2D eigenvalue weighted by molar-refractivity contribution is 0.0916. The van der Waals surface area contributed by atoms with Crippen LogP contribution in [-0.4, -0.2) is 28.0 Å². The summed E-state index contributed by atoms with van der Waals surface area (Å²) in [6, 6.07) is 8.42. The zero-order valence-electron chi connectivity index (χ0n) is 10.9. The minimum atomic E-state index is -1.05. The molecule has 2 aromatic rings. The van der Waals surface area contributed by atoms with Crippen LogP contribution in [0.25, 0.3) is 0 Å². The average molecular weight is 309 g/mol. The van der Waals surface area contributed by atoms with Crippen molar-refractivity contribution in [3.8, 4) is 0 Å². The average Bonchev–Trinajstić information content (AvgIpc) is 2.98. The van der Waals surface area contributed by atoms with Crippen molar-refractivity contribution >= 4 is 28.0 Å². The topological polar surface area (TPSA) is 66.4 Å². The van der Waals surface area contributed by atoms with Crippen molar-refractivity contribution in [3.05, 3.63) is 52.2 Å². The summed E-state index contributed by atoms with van der Waals surface area (Å²) in [5, 5.41) is 16.3. The summed E-state index contributed by atoms with van der Waals surface area (Å²) in [5.74, 6) is -0.257. The van der Waals surface area contributed by atoms with E-state index in [1.807, 2.05) is 16.8 Å². The van der Waals surface area contributed by atoms with Crippen LogP contribution in [0.1, 0.15) is 22.0 Å². The first-order chi connectivity index (χ1) is 9.58. The second-order valence-electron chi connectivity index (χ2n) is 4.26. The number of benzene rings is 1. The van der Waals surface area contributed by atoms with Gasteiger partial charge in [-0.1, -0.05) is 0 Å². The molecule has 0 spiro atoms. The predicted octanol–water partition coefficient (Wildman–Crippen LogP) is 1.95. The summed E-state index contributed by atoms with van der Waals surface area (Å²) >= 11 is 1.50. The summed E-state index contributed by atoms with van der Waals surface area (Å²) in [7, 11) is -1.05. The van der Waals surface area contributed by atoms with Gasteiger partial charge in [0, 0.05) is 34.1 Å². The molecule has 1 heterocycles. The fourth-order valence-electron chi connectivity index (χ4n) is 1.67. The van der Waals surface area contributed by atoms with Crippen LogP contribution in [0, 0.1) is 0 Å². The van der Waals surface area contributed by atoms with Gasteiger partial charge in [0.15, 0.2) is 0 Å². The molecule has 4 nitrogen and oxygen atoms in total. The van der Waals surface area contributed by atoms with Crippen molar-refractivity contribution in [2.75, 3.05) is 12.8 Å². The van der Waals surface area contributed by atoms with E-state index < -0.39 is 16.9 Å².